The van der Waals surface area contributed by atoms with E-state index in [0.717, 1.165) is 5.92 Å². The van der Waals surface area contributed by atoms with Gasteiger partial charge in [-0.1, -0.05) is 12.8 Å². The number of piperidine rings is 1. The summed E-state index contributed by atoms with van der Waals surface area (Å²) in [5.74, 6) is 2.11. The second-order valence-corrected chi connectivity index (χ2v) is 5.71. The Morgan fingerprint density at radius 1 is 1.12 bits per heavy atom. The first kappa shape index (κ1) is 11.3. The van der Waals surface area contributed by atoms with E-state index in [1.54, 1.807) is 0 Å². The van der Waals surface area contributed by atoms with Gasteiger partial charge in [0.25, 0.3) is 0 Å². The van der Waals surface area contributed by atoms with Gasteiger partial charge >= 0.3 is 0 Å². The van der Waals surface area contributed by atoms with Gasteiger partial charge in [0.15, 0.2) is 0 Å². The van der Waals surface area contributed by atoms with Crippen molar-refractivity contribution in [1.82, 2.24) is 14.5 Å². The van der Waals surface area contributed by atoms with Crippen molar-refractivity contribution in [3.05, 3.63) is 18.2 Å². The lowest BCUT2D eigenvalue weighted by atomic mass is 10.0. The monoisotopic (exact) mass is 233 g/mol. The summed E-state index contributed by atoms with van der Waals surface area (Å²) < 4.78 is 2.49. The normalized spacial score (nSPS) is 24.5. The predicted octanol–water partition coefficient (Wildman–Crippen LogP) is 2.81. The average molecular weight is 233 g/mol. The molecule has 17 heavy (non-hydrogen) atoms. The molecule has 1 aliphatic carbocycles. The first-order valence-corrected chi connectivity index (χ1v) is 7.06. The van der Waals surface area contributed by atoms with Crippen molar-refractivity contribution in [2.24, 2.45) is 0 Å². The highest BCUT2D eigenvalue weighted by molar-refractivity contribution is 5.04. The van der Waals surface area contributed by atoms with Crippen LogP contribution in [0.2, 0.25) is 0 Å². The molecule has 0 unspecified atom stereocenters. The number of likely N-dealkylation sites (tertiary alicyclic amines) is 1. The zero-order chi connectivity index (χ0) is 11.7. The van der Waals surface area contributed by atoms with E-state index in [4.69, 9.17) is 0 Å². The molecule has 1 saturated carbocycles. The van der Waals surface area contributed by atoms with Gasteiger partial charge in [-0.3, -0.25) is 0 Å². The fourth-order valence-corrected chi connectivity index (χ4v) is 3.41. The topological polar surface area (TPSA) is 21.1 Å². The van der Waals surface area contributed by atoms with E-state index in [9.17, 15) is 0 Å². The Morgan fingerprint density at radius 2 is 1.82 bits per heavy atom. The van der Waals surface area contributed by atoms with Crippen LogP contribution in [-0.2, 0) is 0 Å². The van der Waals surface area contributed by atoms with Gasteiger partial charge in [-0.25, -0.2) is 4.98 Å². The highest BCUT2D eigenvalue weighted by atomic mass is 15.1. The van der Waals surface area contributed by atoms with E-state index in [-0.39, 0.29) is 0 Å². The number of rotatable bonds is 2. The fraction of sp³-hybridized carbons (Fsp3) is 0.786. The second-order valence-electron chi connectivity index (χ2n) is 5.71. The number of hydrogen-bond donors (Lipinski definition) is 0. The lowest BCUT2D eigenvalue weighted by Gasteiger charge is -2.31. The molecule has 0 aromatic carbocycles. The highest BCUT2D eigenvalue weighted by Gasteiger charge is 2.25. The number of hydrogen-bond acceptors (Lipinski definition) is 2. The number of aromatic nitrogens is 2. The van der Waals surface area contributed by atoms with Crippen molar-refractivity contribution >= 4 is 0 Å². The maximum atomic E-state index is 4.64. The maximum absolute atomic E-state index is 4.64. The molecule has 3 nitrogen and oxygen atoms in total. The Hall–Kier alpha value is -0.830. The van der Waals surface area contributed by atoms with E-state index in [1.807, 2.05) is 6.20 Å². The molecule has 2 fully saturated rings. The van der Waals surface area contributed by atoms with E-state index in [0.29, 0.717) is 6.04 Å². The smallest absolute Gasteiger partial charge is 0.112 e. The summed E-state index contributed by atoms with van der Waals surface area (Å²) in [7, 11) is 2.22. The van der Waals surface area contributed by atoms with Gasteiger partial charge in [0.1, 0.15) is 5.82 Å². The van der Waals surface area contributed by atoms with E-state index >= 15 is 0 Å². The molecule has 2 aliphatic rings. The Kier molecular flexibility index (Phi) is 3.19. The largest absolute Gasteiger partial charge is 0.332 e. The molecule has 3 heteroatoms. The van der Waals surface area contributed by atoms with Crippen molar-refractivity contribution in [1.29, 1.82) is 0 Å². The van der Waals surface area contributed by atoms with Crippen molar-refractivity contribution in [2.45, 2.75) is 50.5 Å². The predicted molar refractivity (Wildman–Crippen MR) is 69.2 cm³/mol. The summed E-state index contributed by atoms with van der Waals surface area (Å²) in [5, 5.41) is 0. The third kappa shape index (κ3) is 2.25. The van der Waals surface area contributed by atoms with Crippen LogP contribution >= 0.6 is 0 Å². The molecule has 0 radical (unpaired) electrons. The summed E-state index contributed by atoms with van der Waals surface area (Å²) in [5.41, 5.74) is 0. The quantitative estimate of drug-likeness (QED) is 0.783. The maximum Gasteiger partial charge on any atom is 0.112 e. The molecule has 1 aromatic heterocycles. The van der Waals surface area contributed by atoms with Gasteiger partial charge in [0.2, 0.25) is 0 Å². The van der Waals surface area contributed by atoms with Crippen molar-refractivity contribution in [3.63, 3.8) is 0 Å². The van der Waals surface area contributed by atoms with Gasteiger partial charge in [-0.05, 0) is 45.8 Å². The summed E-state index contributed by atoms with van der Waals surface area (Å²) in [6.45, 7) is 2.46. The van der Waals surface area contributed by atoms with Crippen LogP contribution in [0.15, 0.2) is 12.4 Å². The van der Waals surface area contributed by atoms with Crippen molar-refractivity contribution < 1.29 is 0 Å². The van der Waals surface area contributed by atoms with Crippen LogP contribution in [0.1, 0.15) is 56.3 Å². The van der Waals surface area contributed by atoms with Gasteiger partial charge in [-0.2, -0.15) is 0 Å². The Labute approximate surface area is 104 Å². The minimum Gasteiger partial charge on any atom is -0.332 e. The molecule has 0 N–H and O–H groups in total. The van der Waals surface area contributed by atoms with Crippen molar-refractivity contribution in [2.75, 3.05) is 20.1 Å². The molecule has 0 bridgehead atoms. The van der Waals surface area contributed by atoms with Crippen LogP contribution in [0.5, 0.6) is 0 Å². The van der Waals surface area contributed by atoms with E-state index in [2.05, 4.69) is 27.7 Å². The summed E-state index contributed by atoms with van der Waals surface area (Å²) in [6, 6.07) is 0.698. The summed E-state index contributed by atoms with van der Waals surface area (Å²) in [6.07, 6.45) is 12.3. The minimum absolute atomic E-state index is 0.698. The van der Waals surface area contributed by atoms with Crippen LogP contribution in [-0.4, -0.2) is 34.6 Å². The van der Waals surface area contributed by atoms with Gasteiger partial charge in [-0.15, -0.1) is 0 Å². The van der Waals surface area contributed by atoms with Gasteiger partial charge in [0.05, 0.1) is 0 Å². The molecule has 0 spiro atoms. The summed E-state index contributed by atoms with van der Waals surface area (Å²) in [4.78, 5) is 7.07. The lowest BCUT2D eigenvalue weighted by Crippen LogP contribution is -2.32. The molecule has 2 heterocycles. The molecule has 3 rings (SSSR count). The Bertz CT molecular complexity index is 357. The van der Waals surface area contributed by atoms with E-state index in [1.165, 1.54) is 57.4 Å². The molecular formula is C14H23N3. The Morgan fingerprint density at radius 3 is 2.53 bits per heavy atom. The second kappa shape index (κ2) is 4.81. The zero-order valence-corrected chi connectivity index (χ0v) is 10.8. The molecule has 0 amide bonds. The SMILES string of the molecule is CN1CCC(n2ccnc2C2CCCC2)CC1. The zero-order valence-electron chi connectivity index (χ0n) is 10.8. The molecule has 94 valence electrons. The highest BCUT2D eigenvalue weighted by Crippen LogP contribution is 2.35. The third-order valence-electron chi connectivity index (χ3n) is 4.50. The van der Waals surface area contributed by atoms with E-state index < -0.39 is 0 Å². The summed E-state index contributed by atoms with van der Waals surface area (Å²) >= 11 is 0. The van der Waals surface area contributed by atoms with Crippen LogP contribution in [0, 0.1) is 0 Å². The molecule has 1 aromatic rings. The first-order chi connectivity index (χ1) is 8.34. The Balaban J connectivity index is 1.76. The molecule has 1 saturated heterocycles. The van der Waals surface area contributed by atoms with Crippen LogP contribution in [0.3, 0.4) is 0 Å². The fourth-order valence-electron chi connectivity index (χ4n) is 3.41. The number of nitrogens with zero attached hydrogens (tertiary/aromatic N) is 3. The van der Waals surface area contributed by atoms with Gasteiger partial charge in [0, 0.05) is 24.4 Å². The molecular weight excluding hydrogens is 210 g/mol. The lowest BCUT2D eigenvalue weighted by molar-refractivity contribution is 0.217. The number of imidazole rings is 1. The van der Waals surface area contributed by atoms with Crippen LogP contribution < -0.4 is 0 Å². The average Bonchev–Trinajstić information content (AvgIpc) is 3.00. The first-order valence-electron chi connectivity index (χ1n) is 7.06. The molecule has 0 atom stereocenters. The van der Waals surface area contributed by atoms with Crippen molar-refractivity contribution in [3.8, 4) is 0 Å². The van der Waals surface area contributed by atoms with Crippen LogP contribution in [0.4, 0.5) is 0 Å². The van der Waals surface area contributed by atoms with Crippen LogP contribution in [0.25, 0.3) is 0 Å². The third-order valence-corrected chi connectivity index (χ3v) is 4.50. The van der Waals surface area contributed by atoms with Gasteiger partial charge < -0.3 is 9.47 Å². The standard InChI is InChI=1S/C14H23N3/c1-16-9-6-13(7-10-16)17-11-8-15-14(17)12-4-2-3-5-12/h8,11-13H,2-7,9-10H2,1H3. The molecule has 1 aliphatic heterocycles. The minimum atomic E-state index is 0.698.